The molecule has 200 valence electrons. The maximum atomic E-state index is 14.9. The van der Waals surface area contributed by atoms with Crippen molar-refractivity contribution in [2.24, 2.45) is 11.8 Å². The molecule has 0 unspecified atom stereocenters. The number of nitriles is 1. The van der Waals surface area contributed by atoms with Crippen LogP contribution in [0.4, 0.5) is 23.2 Å². The average molecular weight is 524 g/mol. The zero-order valence-corrected chi connectivity index (χ0v) is 20.3. The number of piperidine rings is 3. The molecule has 37 heavy (non-hydrogen) atoms. The predicted octanol–water partition coefficient (Wildman–Crippen LogP) is 2.70. The second-order valence-electron chi connectivity index (χ2n) is 10.0. The monoisotopic (exact) mass is 523 g/mol. The number of halogens is 4. The topological polar surface area (TPSA) is 114 Å². The third kappa shape index (κ3) is 5.50. The summed E-state index contributed by atoms with van der Waals surface area (Å²) in [4.78, 5) is 40.0. The quantitative estimate of drug-likeness (QED) is 0.476. The van der Waals surface area contributed by atoms with Crippen molar-refractivity contribution >= 4 is 23.4 Å². The molecule has 5 rings (SSSR count). The molecule has 1 aromatic rings. The van der Waals surface area contributed by atoms with Crippen LogP contribution in [0.3, 0.4) is 0 Å². The van der Waals surface area contributed by atoms with Gasteiger partial charge in [0.2, 0.25) is 17.7 Å². The zero-order valence-electron chi connectivity index (χ0n) is 20.3. The lowest BCUT2D eigenvalue weighted by atomic mass is 9.71. The Labute approximate surface area is 211 Å². The van der Waals surface area contributed by atoms with Crippen LogP contribution in [-0.4, -0.2) is 59.3 Å². The highest BCUT2D eigenvalue weighted by Gasteiger charge is 2.60. The van der Waals surface area contributed by atoms with Crippen molar-refractivity contribution < 1.29 is 31.9 Å². The fraction of sp³-hybridized carbons (Fsp3) is 0.600. The van der Waals surface area contributed by atoms with Crippen LogP contribution in [-0.2, 0) is 14.4 Å². The molecular formula is C25H29F4N5O3. The zero-order chi connectivity index (χ0) is 26.9. The minimum atomic E-state index is -3.20. The number of hydrogen-bond donors (Lipinski definition) is 3. The Kier molecular flexibility index (Phi) is 7.62. The number of amides is 3. The third-order valence-corrected chi connectivity index (χ3v) is 7.52. The summed E-state index contributed by atoms with van der Waals surface area (Å²) in [6.07, 6.45) is 0.952. The van der Waals surface area contributed by atoms with E-state index in [2.05, 4.69) is 16.0 Å². The van der Waals surface area contributed by atoms with Gasteiger partial charge in [0, 0.05) is 24.9 Å². The number of carbonyl (C=O) groups excluding carboxylic acids is 3. The molecule has 0 spiro atoms. The Morgan fingerprint density at radius 3 is 2.70 bits per heavy atom. The molecule has 12 heteroatoms. The first-order valence-corrected chi connectivity index (χ1v) is 12.4. The smallest absolute Gasteiger partial charge is 0.255 e. The van der Waals surface area contributed by atoms with Gasteiger partial charge >= 0.3 is 0 Å². The van der Waals surface area contributed by atoms with Crippen molar-refractivity contribution in [2.75, 3.05) is 11.9 Å². The first kappa shape index (κ1) is 26.7. The molecule has 6 atom stereocenters. The number of nitrogens with one attached hydrogen (secondary N) is 3. The van der Waals surface area contributed by atoms with Crippen LogP contribution in [0.25, 0.3) is 0 Å². The first-order chi connectivity index (χ1) is 17.5. The highest BCUT2D eigenvalue weighted by molar-refractivity contribution is 5.92. The highest BCUT2D eigenvalue weighted by Crippen LogP contribution is 2.49. The maximum Gasteiger partial charge on any atom is 0.255 e. The van der Waals surface area contributed by atoms with Crippen LogP contribution >= 0.6 is 0 Å². The summed E-state index contributed by atoms with van der Waals surface area (Å²) in [5, 5.41) is 17.4. The molecule has 3 aliphatic heterocycles. The van der Waals surface area contributed by atoms with E-state index in [9.17, 15) is 37.2 Å². The molecule has 1 aliphatic carbocycles. The Balaban J connectivity index is 1.54. The lowest BCUT2D eigenvalue weighted by molar-refractivity contribution is -0.194. The Bertz CT molecular complexity index is 1110. The first-order valence-electron chi connectivity index (χ1n) is 12.4. The van der Waals surface area contributed by atoms with Crippen LogP contribution in [0.15, 0.2) is 18.2 Å². The number of hydrogen-bond acceptors (Lipinski definition) is 5. The van der Waals surface area contributed by atoms with E-state index in [0.29, 0.717) is 13.0 Å². The number of rotatable bonds is 7. The van der Waals surface area contributed by atoms with E-state index in [1.54, 1.807) is 0 Å². The fourth-order valence-electron chi connectivity index (χ4n) is 5.70. The summed E-state index contributed by atoms with van der Waals surface area (Å²) >= 11 is 0. The van der Waals surface area contributed by atoms with Gasteiger partial charge in [-0.15, -0.1) is 0 Å². The van der Waals surface area contributed by atoms with Gasteiger partial charge in [-0.2, -0.15) is 5.26 Å². The lowest BCUT2D eigenvalue weighted by Gasteiger charge is -2.54. The average Bonchev–Trinajstić information content (AvgIpc) is 2.85. The third-order valence-electron chi connectivity index (χ3n) is 7.52. The van der Waals surface area contributed by atoms with E-state index in [-0.39, 0.29) is 30.9 Å². The normalized spacial score (nSPS) is 28.0. The molecule has 4 aliphatic rings. The summed E-state index contributed by atoms with van der Waals surface area (Å²) < 4.78 is 57.5. The Morgan fingerprint density at radius 1 is 1.27 bits per heavy atom. The predicted molar refractivity (Wildman–Crippen MR) is 124 cm³/mol. The van der Waals surface area contributed by atoms with Crippen molar-refractivity contribution in [3.05, 3.63) is 29.8 Å². The minimum absolute atomic E-state index is 0.0160. The van der Waals surface area contributed by atoms with E-state index in [1.807, 2.05) is 6.07 Å². The Hall–Kier alpha value is -3.36. The van der Waals surface area contributed by atoms with Gasteiger partial charge < -0.3 is 20.9 Å². The molecular weight excluding hydrogens is 494 g/mol. The van der Waals surface area contributed by atoms with Crippen LogP contribution in [0.2, 0.25) is 0 Å². The number of anilines is 1. The van der Waals surface area contributed by atoms with Gasteiger partial charge in [0.1, 0.15) is 29.8 Å². The number of fused-ring (bicyclic) bond motifs is 3. The van der Waals surface area contributed by atoms with Crippen molar-refractivity contribution in [1.82, 2.24) is 15.5 Å². The van der Waals surface area contributed by atoms with Crippen molar-refractivity contribution in [2.45, 2.75) is 75.5 Å². The van der Waals surface area contributed by atoms with Gasteiger partial charge in [0.05, 0.1) is 17.7 Å². The fourth-order valence-corrected chi connectivity index (χ4v) is 5.70. The molecule has 4 fully saturated rings. The van der Waals surface area contributed by atoms with E-state index >= 15 is 0 Å². The lowest BCUT2D eigenvalue weighted by Crippen LogP contribution is -2.70. The molecule has 1 saturated carbocycles. The largest absolute Gasteiger partial charge is 0.371 e. The molecule has 1 aromatic carbocycles. The summed E-state index contributed by atoms with van der Waals surface area (Å²) in [7, 11) is 0. The molecule has 3 N–H and O–H groups in total. The van der Waals surface area contributed by atoms with Crippen LogP contribution < -0.4 is 16.0 Å². The maximum absolute atomic E-state index is 14.9. The highest BCUT2D eigenvalue weighted by atomic mass is 19.3. The molecule has 0 radical (unpaired) electrons. The minimum Gasteiger partial charge on any atom is -0.371 e. The number of carbonyl (C=O) groups is 3. The van der Waals surface area contributed by atoms with Crippen molar-refractivity contribution in [3.8, 4) is 6.07 Å². The second-order valence-corrected chi connectivity index (χ2v) is 10.0. The van der Waals surface area contributed by atoms with E-state index in [1.165, 1.54) is 6.92 Å². The van der Waals surface area contributed by atoms with Gasteiger partial charge in [-0.3, -0.25) is 14.4 Å². The van der Waals surface area contributed by atoms with Gasteiger partial charge in [0.15, 0.2) is 0 Å². The molecule has 8 nitrogen and oxygen atoms in total. The number of alkyl halides is 2. The summed E-state index contributed by atoms with van der Waals surface area (Å²) in [6, 6.07) is -0.139. The SMILES string of the molecule is C[C@@H](Nc1cc(F)ccc1F)C(=O)N1[C@H]2CC[C@@H]([C@H]1C(=O)N[C@H](C#N)C[C@@H]1CCCNC1=O)C(F)(F)C2. The summed E-state index contributed by atoms with van der Waals surface area (Å²) in [6.45, 7) is 1.91. The standard InChI is InChI=1S/C25H29F4N5O3/c1-13(32-20-10-15(26)4-7-19(20)27)24(37)34-17-5-6-18(25(28,29)11-17)21(34)23(36)33-16(12-30)9-14-3-2-8-31-22(14)35/h4,7,10,13-14,16-18,21,32H,2-3,5-6,8-9,11H2,1H3,(H,31,35)(H,33,36)/t13-,14+,16+,17+,18+,21+/m1/s1. The van der Waals surface area contributed by atoms with E-state index in [0.717, 1.165) is 29.5 Å². The van der Waals surface area contributed by atoms with Crippen molar-refractivity contribution in [3.63, 3.8) is 0 Å². The van der Waals surface area contributed by atoms with Crippen LogP contribution in [0.1, 0.15) is 45.4 Å². The number of benzene rings is 1. The molecule has 0 aromatic heterocycles. The molecule has 2 bridgehead atoms. The second kappa shape index (κ2) is 10.6. The molecule has 3 heterocycles. The Morgan fingerprint density at radius 2 is 2.03 bits per heavy atom. The van der Waals surface area contributed by atoms with E-state index in [4.69, 9.17) is 0 Å². The van der Waals surface area contributed by atoms with Crippen molar-refractivity contribution in [1.29, 1.82) is 5.26 Å². The van der Waals surface area contributed by atoms with Gasteiger partial charge in [-0.1, -0.05) is 0 Å². The van der Waals surface area contributed by atoms with Crippen LogP contribution in [0, 0.1) is 34.8 Å². The number of nitrogens with zero attached hydrogens (tertiary/aromatic N) is 2. The summed E-state index contributed by atoms with van der Waals surface area (Å²) in [5.74, 6) is -8.52. The summed E-state index contributed by atoms with van der Waals surface area (Å²) in [5.41, 5.74) is -0.273. The molecule has 3 saturated heterocycles. The van der Waals surface area contributed by atoms with Gasteiger partial charge in [-0.05, 0) is 57.2 Å². The van der Waals surface area contributed by atoms with Gasteiger partial charge in [-0.25, -0.2) is 17.6 Å². The van der Waals surface area contributed by atoms with Crippen LogP contribution in [0.5, 0.6) is 0 Å². The molecule has 3 amide bonds. The van der Waals surface area contributed by atoms with Gasteiger partial charge in [0.25, 0.3) is 5.92 Å². The van der Waals surface area contributed by atoms with E-state index < -0.39 is 71.8 Å².